The summed E-state index contributed by atoms with van der Waals surface area (Å²) in [4.78, 5) is 4.20. The van der Waals surface area contributed by atoms with E-state index in [1.807, 2.05) is 32.1 Å². The second-order valence-electron chi connectivity index (χ2n) is 4.80. The highest BCUT2D eigenvalue weighted by molar-refractivity contribution is 6.32. The van der Waals surface area contributed by atoms with Crippen LogP contribution in [0, 0.1) is 13.8 Å². The maximum absolute atomic E-state index is 9.43. The summed E-state index contributed by atoms with van der Waals surface area (Å²) in [5.41, 5.74) is 1.83. The van der Waals surface area contributed by atoms with Crippen molar-refractivity contribution < 1.29 is 5.11 Å². The Morgan fingerprint density at radius 2 is 1.94 bits per heavy atom. The molecule has 0 spiro atoms. The standard InChI is InChI=1S/C11H15ClN4O/c1-6-7(2)16-9(8(12)13-6)14-15-10(16)11(3,4)5-17/h17H,5H2,1-4H3. The Kier molecular flexibility index (Phi) is 2.83. The Bertz CT molecular complexity index is 576. The summed E-state index contributed by atoms with van der Waals surface area (Å²) in [7, 11) is 0. The van der Waals surface area contributed by atoms with E-state index in [1.165, 1.54) is 0 Å². The van der Waals surface area contributed by atoms with Crippen LogP contribution in [0.5, 0.6) is 0 Å². The lowest BCUT2D eigenvalue weighted by Crippen LogP contribution is -2.26. The number of fused-ring (bicyclic) bond motifs is 1. The molecule has 5 nitrogen and oxygen atoms in total. The SMILES string of the molecule is Cc1nc(Cl)c2nnc(C(C)(C)CO)n2c1C. The summed E-state index contributed by atoms with van der Waals surface area (Å²) in [6, 6.07) is 0. The van der Waals surface area contributed by atoms with Gasteiger partial charge in [-0.3, -0.25) is 4.40 Å². The first kappa shape index (κ1) is 12.3. The third-order valence-electron chi connectivity index (χ3n) is 2.97. The molecule has 17 heavy (non-hydrogen) atoms. The van der Waals surface area contributed by atoms with Crippen LogP contribution in [0.3, 0.4) is 0 Å². The lowest BCUT2D eigenvalue weighted by Gasteiger charge is -2.20. The van der Waals surface area contributed by atoms with E-state index in [1.54, 1.807) is 0 Å². The van der Waals surface area contributed by atoms with Crippen molar-refractivity contribution in [3.63, 3.8) is 0 Å². The average molecular weight is 255 g/mol. The first-order valence-corrected chi connectivity index (χ1v) is 5.75. The molecule has 0 saturated carbocycles. The summed E-state index contributed by atoms with van der Waals surface area (Å²) >= 11 is 6.04. The largest absolute Gasteiger partial charge is 0.395 e. The molecule has 0 aliphatic heterocycles. The topological polar surface area (TPSA) is 63.3 Å². The summed E-state index contributed by atoms with van der Waals surface area (Å²) in [5.74, 6) is 0.694. The highest BCUT2D eigenvalue weighted by Gasteiger charge is 2.27. The molecule has 0 amide bonds. The predicted octanol–water partition coefficient (Wildman–Crippen LogP) is 1.66. The van der Waals surface area contributed by atoms with Gasteiger partial charge in [-0.05, 0) is 13.8 Å². The Morgan fingerprint density at radius 3 is 2.53 bits per heavy atom. The Hall–Kier alpha value is -1.20. The van der Waals surface area contributed by atoms with Crippen LogP contribution in [0.15, 0.2) is 0 Å². The lowest BCUT2D eigenvalue weighted by atomic mass is 9.94. The fourth-order valence-corrected chi connectivity index (χ4v) is 1.93. The molecule has 2 rings (SSSR count). The van der Waals surface area contributed by atoms with Gasteiger partial charge in [0.05, 0.1) is 12.3 Å². The monoisotopic (exact) mass is 254 g/mol. The van der Waals surface area contributed by atoms with Gasteiger partial charge in [-0.15, -0.1) is 10.2 Å². The highest BCUT2D eigenvalue weighted by atomic mass is 35.5. The van der Waals surface area contributed by atoms with E-state index in [0.29, 0.717) is 16.6 Å². The number of hydrogen-bond donors (Lipinski definition) is 1. The third-order valence-corrected chi connectivity index (χ3v) is 3.23. The average Bonchev–Trinajstić information content (AvgIpc) is 2.71. The van der Waals surface area contributed by atoms with Crippen molar-refractivity contribution in [3.8, 4) is 0 Å². The van der Waals surface area contributed by atoms with E-state index in [9.17, 15) is 5.11 Å². The van der Waals surface area contributed by atoms with Crippen molar-refractivity contribution in [2.24, 2.45) is 0 Å². The van der Waals surface area contributed by atoms with Crippen LogP contribution in [-0.2, 0) is 5.41 Å². The van der Waals surface area contributed by atoms with E-state index in [-0.39, 0.29) is 6.61 Å². The van der Waals surface area contributed by atoms with Crippen LogP contribution < -0.4 is 0 Å². The molecular weight excluding hydrogens is 240 g/mol. The molecule has 0 bridgehead atoms. The van der Waals surface area contributed by atoms with E-state index < -0.39 is 5.41 Å². The molecule has 0 aliphatic rings. The Balaban J connectivity index is 2.85. The molecule has 0 aromatic carbocycles. The normalized spacial score (nSPS) is 12.4. The van der Waals surface area contributed by atoms with Crippen molar-refractivity contribution in [1.29, 1.82) is 0 Å². The molecule has 0 fully saturated rings. The molecule has 6 heteroatoms. The van der Waals surface area contributed by atoms with Gasteiger partial charge in [0.15, 0.2) is 10.8 Å². The molecule has 0 aliphatic carbocycles. The van der Waals surface area contributed by atoms with Crippen molar-refractivity contribution >= 4 is 17.2 Å². The van der Waals surface area contributed by atoms with Crippen LogP contribution in [-0.4, -0.2) is 31.3 Å². The van der Waals surface area contributed by atoms with Crippen molar-refractivity contribution in [1.82, 2.24) is 19.6 Å². The molecule has 2 aromatic heterocycles. The molecule has 2 aromatic rings. The third kappa shape index (κ3) is 1.79. The lowest BCUT2D eigenvalue weighted by molar-refractivity contribution is 0.210. The number of aliphatic hydroxyl groups is 1. The Labute approximate surface area is 104 Å². The number of aromatic nitrogens is 4. The van der Waals surface area contributed by atoms with Gasteiger partial charge in [0.1, 0.15) is 5.82 Å². The first-order chi connectivity index (χ1) is 7.88. The van der Waals surface area contributed by atoms with E-state index in [2.05, 4.69) is 15.2 Å². The number of aryl methyl sites for hydroxylation is 2. The first-order valence-electron chi connectivity index (χ1n) is 5.37. The molecular formula is C11H15ClN4O. The second-order valence-corrected chi connectivity index (χ2v) is 5.16. The van der Waals surface area contributed by atoms with Crippen LogP contribution in [0.4, 0.5) is 0 Å². The fourth-order valence-electron chi connectivity index (χ4n) is 1.68. The summed E-state index contributed by atoms with van der Waals surface area (Å²) in [5, 5.41) is 17.9. The zero-order valence-electron chi connectivity index (χ0n) is 10.3. The predicted molar refractivity (Wildman–Crippen MR) is 65.4 cm³/mol. The van der Waals surface area contributed by atoms with E-state index >= 15 is 0 Å². The van der Waals surface area contributed by atoms with Crippen LogP contribution >= 0.6 is 11.6 Å². The van der Waals surface area contributed by atoms with Gasteiger partial charge in [0, 0.05) is 11.1 Å². The minimum absolute atomic E-state index is 0.00772. The molecule has 0 unspecified atom stereocenters. The Morgan fingerprint density at radius 1 is 1.29 bits per heavy atom. The van der Waals surface area contributed by atoms with Gasteiger partial charge in [-0.1, -0.05) is 25.4 Å². The minimum Gasteiger partial charge on any atom is -0.395 e. The quantitative estimate of drug-likeness (QED) is 0.885. The number of halogens is 1. The number of aliphatic hydroxyl groups excluding tert-OH is 1. The number of hydrogen-bond acceptors (Lipinski definition) is 4. The second kappa shape index (κ2) is 3.92. The number of rotatable bonds is 2. The molecule has 2 heterocycles. The zero-order chi connectivity index (χ0) is 12.8. The van der Waals surface area contributed by atoms with Crippen LogP contribution in [0.2, 0.25) is 5.15 Å². The summed E-state index contributed by atoms with van der Waals surface area (Å²) in [6.07, 6.45) is 0. The number of nitrogens with zero attached hydrogens (tertiary/aromatic N) is 4. The van der Waals surface area contributed by atoms with Gasteiger partial charge >= 0.3 is 0 Å². The van der Waals surface area contributed by atoms with E-state index in [4.69, 9.17) is 11.6 Å². The van der Waals surface area contributed by atoms with Crippen LogP contribution in [0.25, 0.3) is 5.65 Å². The van der Waals surface area contributed by atoms with Gasteiger partial charge in [-0.2, -0.15) is 0 Å². The van der Waals surface area contributed by atoms with Gasteiger partial charge in [-0.25, -0.2) is 4.98 Å². The molecule has 92 valence electrons. The maximum atomic E-state index is 9.43. The summed E-state index contributed by atoms with van der Waals surface area (Å²) in [6.45, 7) is 7.63. The smallest absolute Gasteiger partial charge is 0.198 e. The zero-order valence-corrected chi connectivity index (χ0v) is 11.1. The van der Waals surface area contributed by atoms with Gasteiger partial charge in [0.2, 0.25) is 0 Å². The fraction of sp³-hybridized carbons (Fsp3) is 0.545. The molecule has 0 atom stereocenters. The van der Waals surface area contributed by atoms with Gasteiger partial charge < -0.3 is 5.11 Å². The van der Waals surface area contributed by atoms with Crippen molar-refractivity contribution in [3.05, 3.63) is 22.4 Å². The minimum atomic E-state index is -0.471. The highest BCUT2D eigenvalue weighted by Crippen LogP contribution is 2.25. The van der Waals surface area contributed by atoms with Gasteiger partial charge in [0.25, 0.3) is 0 Å². The molecule has 0 radical (unpaired) electrons. The van der Waals surface area contributed by atoms with Crippen molar-refractivity contribution in [2.75, 3.05) is 6.61 Å². The van der Waals surface area contributed by atoms with Crippen molar-refractivity contribution in [2.45, 2.75) is 33.1 Å². The molecule has 0 saturated heterocycles. The van der Waals surface area contributed by atoms with E-state index in [0.717, 1.165) is 11.4 Å². The van der Waals surface area contributed by atoms with Crippen LogP contribution in [0.1, 0.15) is 31.1 Å². The maximum Gasteiger partial charge on any atom is 0.198 e. The summed E-state index contributed by atoms with van der Waals surface area (Å²) < 4.78 is 1.86. The molecule has 1 N–H and O–H groups in total.